The minimum atomic E-state index is -0.518. The van der Waals surface area contributed by atoms with E-state index in [0.717, 1.165) is 37.7 Å². The molecule has 2 aliphatic rings. The van der Waals surface area contributed by atoms with E-state index in [4.69, 9.17) is 4.74 Å². The summed E-state index contributed by atoms with van der Waals surface area (Å²) in [5.41, 5.74) is 3.35. The molecule has 1 aromatic heterocycles. The molecule has 2 aromatic rings. The maximum atomic E-state index is 13.0. The summed E-state index contributed by atoms with van der Waals surface area (Å²) in [7, 11) is 0. The van der Waals surface area contributed by atoms with E-state index >= 15 is 0 Å². The Morgan fingerprint density at radius 1 is 1.20 bits per heavy atom. The van der Waals surface area contributed by atoms with Crippen molar-refractivity contribution in [3.63, 3.8) is 0 Å². The van der Waals surface area contributed by atoms with E-state index in [1.165, 1.54) is 24.1 Å². The number of H-pyrrole nitrogens is 1. The Kier molecular flexibility index (Phi) is 4.83. The van der Waals surface area contributed by atoms with E-state index in [0.29, 0.717) is 0 Å². The van der Waals surface area contributed by atoms with Crippen LogP contribution in [0.4, 0.5) is 0 Å². The minimum absolute atomic E-state index is 0.0185. The van der Waals surface area contributed by atoms with E-state index in [2.05, 4.69) is 15.5 Å². The molecule has 1 aromatic carbocycles. The predicted octanol–water partition coefficient (Wildman–Crippen LogP) is 3.08. The van der Waals surface area contributed by atoms with Gasteiger partial charge < -0.3 is 10.1 Å². The molecule has 5 heteroatoms. The lowest BCUT2D eigenvalue weighted by Crippen LogP contribution is -2.42. The van der Waals surface area contributed by atoms with Crippen molar-refractivity contribution in [1.82, 2.24) is 15.5 Å². The van der Waals surface area contributed by atoms with Crippen LogP contribution >= 0.6 is 0 Å². The second-order valence-electron chi connectivity index (χ2n) is 7.16. The standard InChI is InChI=1S/C20H25N3O2/c24-20(22-16-10-11-18-15(12-16)13-21-23-18)19(14-6-2-1-3-7-14)25-17-8-4-5-9-17/h1-3,6-7,13,16-17,19H,4-5,8-12H2,(H,21,23)(H,22,24)/t16-,19-/m0/s1. The molecule has 0 spiro atoms. The molecule has 2 N–H and O–H groups in total. The number of fused-ring (bicyclic) bond motifs is 1. The van der Waals surface area contributed by atoms with Gasteiger partial charge in [0.1, 0.15) is 0 Å². The number of nitrogens with zero attached hydrogens (tertiary/aromatic N) is 1. The number of ether oxygens (including phenoxy) is 1. The Balaban J connectivity index is 1.45. The largest absolute Gasteiger partial charge is 0.360 e. The molecule has 1 saturated carbocycles. The van der Waals surface area contributed by atoms with Crippen molar-refractivity contribution in [1.29, 1.82) is 0 Å². The van der Waals surface area contributed by atoms with Crippen molar-refractivity contribution >= 4 is 5.91 Å². The summed E-state index contributed by atoms with van der Waals surface area (Å²) in [5, 5.41) is 10.4. The van der Waals surface area contributed by atoms with Crippen LogP contribution in [0.1, 0.15) is 55.0 Å². The molecule has 0 radical (unpaired) electrons. The number of nitrogens with one attached hydrogen (secondary N) is 2. The third-order valence-corrected chi connectivity index (χ3v) is 5.33. The number of carbonyl (C=O) groups is 1. The molecule has 1 heterocycles. The van der Waals surface area contributed by atoms with Crippen LogP contribution in [0.15, 0.2) is 36.5 Å². The molecule has 0 aliphatic heterocycles. The van der Waals surface area contributed by atoms with Gasteiger partial charge in [-0.05, 0) is 43.2 Å². The van der Waals surface area contributed by atoms with Crippen LogP contribution in [0.2, 0.25) is 0 Å². The molecule has 2 aliphatic carbocycles. The lowest BCUT2D eigenvalue weighted by atomic mass is 9.93. The van der Waals surface area contributed by atoms with Crippen LogP contribution in [-0.2, 0) is 22.4 Å². The summed E-state index contributed by atoms with van der Waals surface area (Å²) >= 11 is 0. The average Bonchev–Trinajstić information content (AvgIpc) is 3.31. The van der Waals surface area contributed by atoms with Crippen molar-refractivity contribution < 1.29 is 9.53 Å². The second-order valence-corrected chi connectivity index (χ2v) is 7.16. The molecule has 2 atom stereocenters. The highest BCUT2D eigenvalue weighted by Gasteiger charge is 2.29. The van der Waals surface area contributed by atoms with E-state index in [9.17, 15) is 4.79 Å². The Hall–Kier alpha value is -2.14. The first-order chi connectivity index (χ1) is 12.3. The quantitative estimate of drug-likeness (QED) is 0.880. The SMILES string of the molecule is O=C(N[C@H]1CCc2[nH]ncc2C1)[C@@H](OC1CCCC1)c1ccccc1. The lowest BCUT2D eigenvalue weighted by Gasteiger charge is -2.27. The van der Waals surface area contributed by atoms with Crippen molar-refractivity contribution in [3.8, 4) is 0 Å². The first-order valence-electron chi connectivity index (χ1n) is 9.31. The van der Waals surface area contributed by atoms with Crippen LogP contribution in [0.5, 0.6) is 0 Å². The van der Waals surface area contributed by atoms with E-state index in [1.807, 2.05) is 36.5 Å². The average molecular weight is 339 g/mol. The molecule has 25 heavy (non-hydrogen) atoms. The van der Waals surface area contributed by atoms with Gasteiger partial charge in [-0.3, -0.25) is 9.89 Å². The summed E-state index contributed by atoms with van der Waals surface area (Å²) in [6.45, 7) is 0. The Labute approximate surface area is 148 Å². The molecular formula is C20H25N3O2. The normalized spacial score (nSPS) is 21.7. The maximum Gasteiger partial charge on any atom is 0.254 e. The van der Waals surface area contributed by atoms with E-state index < -0.39 is 6.10 Å². The van der Waals surface area contributed by atoms with E-state index in [-0.39, 0.29) is 18.1 Å². The molecule has 4 rings (SSSR count). The van der Waals surface area contributed by atoms with Gasteiger partial charge in [0.2, 0.25) is 0 Å². The predicted molar refractivity (Wildman–Crippen MR) is 95.1 cm³/mol. The number of aryl methyl sites for hydroxylation is 1. The van der Waals surface area contributed by atoms with Crippen LogP contribution in [0.3, 0.4) is 0 Å². The van der Waals surface area contributed by atoms with Crippen LogP contribution < -0.4 is 5.32 Å². The first-order valence-corrected chi connectivity index (χ1v) is 9.31. The highest BCUT2D eigenvalue weighted by Crippen LogP contribution is 2.28. The van der Waals surface area contributed by atoms with Crippen LogP contribution in [0.25, 0.3) is 0 Å². The van der Waals surface area contributed by atoms with Crippen molar-refractivity contribution in [2.75, 3.05) is 0 Å². The van der Waals surface area contributed by atoms with Gasteiger partial charge in [-0.15, -0.1) is 0 Å². The van der Waals surface area contributed by atoms with Crippen LogP contribution in [0, 0.1) is 0 Å². The Morgan fingerprint density at radius 2 is 2.00 bits per heavy atom. The highest BCUT2D eigenvalue weighted by atomic mass is 16.5. The zero-order valence-corrected chi connectivity index (χ0v) is 14.4. The van der Waals surface area contributed by atoms with Gasteiger partial charge >= 0.3 is 0 Å². The summed E-state index contributed by atoms with van der Waals surface area (Å²) in [6, 6.07) is 10.0. The van der Waals surface area contributed by atoms with Gasteiger partial charge in [0.05, 0.1) is 12.3 Å². The van der Waals surface area contributed by atoms with E-state index in [1.54, 1.807) is 0 Å². The fraction of sp³-hybridized carbons (Fsp3) is 0.500. The molecule has 1 amide bonds. The Bertz CT molecular complexity index is 707. The topological polar surface area (TPSA) is 67.0 Å². The summed E-state index contributed by atoms with van der Waals surface area (Å²) in [4.78, 5) is 13.0. The third-order valence-electron chi connectivity index (χ3n) is 5.33. The van der Waals surface area contributed by atoms with Crippen molar-refractivity contribution in [3.05, 3.63) is 53.3 Å². The number of benzene rings is 1. The van der Waals surface area contributed by atoms with Gasteiger partial charge in [-0.25, -0.2) is 0 Å². The molecule has 1 fully saturated rings. The first kappa shape index (κ1) is 16.3. The zero-order chi connectivity index (χ0) is 17.1. The Morgan fingerprint density at radius 3 is 2.80 bits per heavy atom. The van der Waals surface area contributed by atoms with Gasteiger partial charge in [0.15, 0.2) is 6.10 Å². The summed E-state index contributed by atoms with van der Waals surface area (Å²) in [5.74, 6) is -0.0185. The lowest BCUT2D eigenvalue weighted by molar-refractivity contribution is -0.138. The summed E-state index contributed by atoms with van der Waals surface area (Å²) in [6.07, 6.45) is 8.75. The molecular weight excluding hydrogens is 314 g/mol. The monoisotopic (exact) mass is 339 g/mol. The molecule has 0 unspecified atom stereocenters. The molecule has 5 nitrogen and oxygen atoms in total. The molecule has 0 saturated heterocycles. The third kappa shape index (κ3) is 3.76. The number of hydrogen-bond acceptors (Lipinski definition) is 3. The van der Waals surface area contributed by atoms with Gasteiger partial charge in [-0.1, -0.05) is 43.2 Å². The minimum Gasteiger partial charge on any atom is -0.360 e. The number of rotatable bonds is 5. The van der Waals surface area contributed by atoms with Gasteiger partial charge in [-0.2, -0.15) is 5.10 Å². The van der Waals surface area contributed by atoms with Crippen molar-refractivity contribution in [2.45, 2.75) is 63.2 Å². The van der Waals surface area contributed by atoms with Crippen LogP contribution in [-0.4, -0.2) is 28.3 Å². The summed E-state index contributed by atoms with van der Waals surface area (Å²) < 4.78 is 6.22. The highest BCUT2D eigenvalue weighted by molar-refractivity contribution is 5.82. The maximum absolute atomic E-state index is 13.0. The number of aromatic amines is 1. The van der Waals surface area contributed by atoms with Gasteiger partial charge in [0.25, 0.3) is 5.91 Å². The second kappa shape index (κ2) is 7.40. The fourth-order valence-corrected chi connectivity index (χ4v) is 3.95. The fourth-order valence-electron chi connectivity index (χ4n) is 3.95. The number of aromatic nitrogens is 2. The van der Waals surface area contributed by atoms with Crippen molar-refractivity contribution in [2.24, 2.45) is 0 Å². The molecule has 132 valence electrons. The molecule has 0 bridgehead atoms. The number of carbonyl (C=O) groups excluding carboxylic acids is 1. The number of hydrogen-bond donors (Lipinski definition) is 2. The number of amides is 1. The smallest absolute Gasteiger partial charge is 0.254 e. The zero-order valence-electron chi connectivity index (χ0n) is 14.4. The van der Waals surface area contributed by atoms with Gasteiger partial charge in [0, 0.05) is 11.7 Å².